The van der Waals surface area contributed by atoms with E-state index in [1.807, 2.05) is 0 Å². The van der Waals surface area contributed by atoms with Crippen LogP contribution < -0.4 is 21.1 Å². The van der Waals surface area contributed by atoms with E-state index < -0.39 is 27.9 Å². The zero-order chi connectivity index (χ0) is 20.0. The third kappa shape index (κ3) is 6.04. The van der Waals surface area contributed by atoms with E-state index in [0.29, 0.717) is 24.5 Å². The molecule has 0 saturated carbocycles. The van der Waals surface area contributed by atoms with Gasteiger partial charge in [-0.1, -0.05) is 19.9 Å². The lowest BCUT2D eigenvalue weighted by molar-refractivity contribution is -0.125. The highest BCUT2D eigenvalue weighted by molar-refractivity contribution is 7.90. The second-order valence-corrected chi connectivity index (χ2v) is 8.28. The molecule has 0 aliphatic carbocycles. The Bertz CT molecular complexity index is 835. The number of nitrogens with zero attached hydrogens (tertiary/aromatic N) is 1. The molecule has 0 radical (unpaired) electrons. The molecule has 0 unspecified atom stereocenters. The van der Waals surface area contributed by atoms with Crippen molar-refractivity contribution < 1.29 is 18.0 Å². The lowest BCUT2D eigenvalue weighted by atomic mass is 10.1. The summed E-state index contributed by atoms with van der Waals surface area (Å²) in [4.78, 5) is 27.9. The van der Waals surface area contributed by atoms with Gasteiger partial charge in [0.1, 0.15) is 5.84 Å². The molecule has 1 heterocycles. The Morgan fingerprint density at radius 1 is 1.30 bits per heavy atom. The predicted octanol–water partition coefficient (Wildman–Crippen LogP) is 0.195. The van der Waals surface area contributed by atoms with Crippen LogP contribution >= 0.6 is 0 Å². The average molecular weight is 395 g/mol. The first-order valence-electron chi connectivity index (χ1n) is 8.68. The summed E-state index contributed by atoms with van der Waals surface area (Å²) in [5.41, 5.74) is 6.01. The van der Waals surface area contributed by atoms with Crippen molar-refractivity contribution >= 4 is 33.4 Å². The number of amides is 2. The molecule has 148 valence electrons. The molecule has 1 aromatic rings. The van der Waals surface area contributed by atoms with Crippen LogP contribution in [0.15, 0.2) is 34.2 Å². The Morgan fingerprint density at radius 3 is 2.67 bits per heavy atom. The number of carbonyl (C=O) groups is 2. The van der Waals surface area contributed by atoms with E-state index in [4.69, 9.17) is 5.73 Å². The topological polar surface area (TPSA) is 143 Å². The van der Waals surface area contributed by atoms with Gasteiger partial charge < -0.3 is 16.4 Å². The predicted molar refractivity (Wildman–Crippen MR) is 103 cm³/mol. The summed E-state index contributed by atoms with van der Waals surface area (Å²) in [6.45, 7) is 3.97. The van der Waals surface area contributed by atoms with Crippen molar-refractivity contribution in [2.24, 2.45) is 16.6 Å². The molecule has 9 nitrogen and oxygen atoms in total. The van der Waals surface area contributed by atoms with Gasteiger partial charge in [0.15, 0.2) is 0 Å². The molecular weight excluding hydrogens is 370 g/mol. The van der Waals surface area contributed by atoms with Crippen LogP contribution in [0.4, 0.5) is 5.69 Å². The van der Waals surface area contributed by atoms with Gasteiger partial charge in [0.2, 0.25) is 11.8 Å². The fourth-order valence-corrected chi connectivity index (χ4v) is 3.51. The smallest absolute Gasteiger partial charge is 0.262 e. The minimum Gasteiger partial charge on any atom is -0.346 e. The minimum atomic E-state index is -3.77. The monoisotopic (exact) mass is 395 g/mol. The lowest BCUT2D eigenvalue weighted by Gasteiger charge is -2.15. The first kappa shape index (κ1) is 20.8. The van der Waals surface area contributed by atoms with E-state index in [1.54, 1.807) is 19.9 Å². The van der Waals surface area contributed by atoms with Crippen molar-refractivity contribution in [2.75, 3.05) is 18.4 Å². The number of nitrogens with one attached hydrogen (secondary N) is 3. The van der Waals surface area contributed by atoms with E-state index in [9.17, 15) is 18.0 Å². The quantitative estimate of drug-likeness (QED) is 0.521. The molecule has 0 spiro atoms. The number of sulfonamides is 1. The fourth-order valence-electron chi connectivity index (χ4n) is 2.37. The molecule has 0 bridgehead atoms. The van der Waals surface area contributed by atoms with Gasteiger partial charge in [0, 0.05) is 18.7 Å². The van der Waals surface area contributed by atoms with Gasteiger partial charge in [-0.25, -0.2) is 8.42 Å². The van der Waals surface area contributed by atoms with E-state index in [0.717, 1.165) is 6.42 Å². The Morgan fingerprint density at radius 2 is 2.04 bits per heavy atom. The first-order valence-corrected chi connectivity index (χ1v) is 10.2. The molecule has 1 aliphatic heterocycles. The first-order chi connectivity index (χ1) is 12.7. The number of hydrogen-bond acceptors (Lipinski definition) is 6. The molecule has 1 aromatic carbocycles. The molecule has 2 rings (SSSR count). The van der Waals surface area contributed by atoms with Crippen LogP contribution in [0.5, 0.6) is 0 Å². The highest BCUT2D eigenvalue weighted by Crippen LogP contribution is 2.16. The second-order valence-electron chi connectivity index (χ2n) is 6.60. The number of benzene rings is 1. The SMILES string of the molecule is CC(C)[C@H](N)C(=O)NCC(=O)Nc1cccc(S(=O)(=O)NC2=NCCC2)c1. The summed E-state index contributed by atoms with van der Waals surface area (Å²) in [7, 11) is -3.77. The Balaban J connectivity index is 1.96. The normalized spacial score (nSPS) is 15.2. The molecule has 0 saturated heterocycles. The summed E-state index contributed by atoms with van der Waals surface area (Å²) in [5.74, 6) is -0.513. The zero-order valence-electron chi connectivity index (χ0n) is 15.4. The van der Waals surface area contributed by atoms with Crippen LogP contribution in [0, 0.1) is 5.92 Å². The average Bonchev–Trinajstić information content (AvgIpc) is 3.11. The lowest BCUT2D eigenvalue weighted by Crippen LogP contribution is -2.46. The number of hydrogen-bond donors (Lipinski definition) is 4. The van der Waals surface area contributed by atoms with Crippen LogP contribution in [0.1, 0.15) is 26.7 Å². The van der Waals surface area contributed by atoms with Gasteiger partial charge in [-0.2, -0.15) is 0 Å². The number of rotatable bonds is 7. The maximum absolute atomic E-state index is 12.4. The van der Waals surface area contributed by atoms with E-state index in [-0.39, 0.29) is 17.4 Å². The third-order valence-electron chi connectivity index (χ3n) is 4.00. The second kappa shape index (κ2) is 8.96. The van der Waals surface area contributed by atoms with Crippen molar-refractivity contribution in [3.05, 3.63) is 24.3 Å². The number of amidine groups is 1. The molecule has 1 atom stereocenters. The molecule has 27 heavy (non-hydrogen) atoms. The summed E-state index contributed by atoms with van der Waals surface area (Å²) in [5, 5.41) is 5.01. The minimum absolute atomic E-state index is 0.0146. The largest absolute Gasteiger partial charge is 0.346 e. The highest BCUT2D eigenvalue weighted by atomic mass is 32.2. The molecule has 5 N–H and O–H groups in total. The van der Waals surface area contributed by atoms with Gasteiger partial charge in [0.05, 0.1) is 17.5 Å². The summed E-state index contributed by atoms with van der Waals surface area (Å²) in [6, 6.07) is 5.16. The summed E-state index contributed by atoms with van der Waals surface area (Å²) < 4.78 is 27.3. The van der Waals surface area contributed by atoms with Crippen molar-refractivity contribution in [1.29, 1.82) is 0 Å². The number of anilines is 1. The molecule has 10 heteroatoms. The van der Waals surface area contributed by atoms with Crippen LogP contribution in [0.3, 0.4) is 0 Å². The molecule has 1 aliphatic rings. The Kier molecular flexibility index (Phi) is 6.92. The van der Waals surface area contributed by atoms with Gasteiger partial charge in [0.25, 0.3) is 10.0 Å². The van der Waals surface area contributed by atoms with Gasteiger partial charge in [-0.3, -0.25) is 19.3 Å². The van der Waals surface area contributed by atoms with Crippen molar-refractivity contribution in [2.45, 2.75) is 37.6 Å². The fraction of sp³-hybridized carbons (Fsp3) is 0.471. The van der Waals surface area contributed by atoms with E-state index in [2.05, 4.69) is 20.3 Å². The van der Waals surface area contributed by atoms with Gasteiger partial charge in [-0.05, 0) is 30.5 Å². The zero-order valence-corrected chi connectivity index (χ0v) is 16.2. The van der Waals surface area contributed by atoms with Crippen LogP contribution in [0.2, 0.25) is 0 Å². The molecule has 0 aromatic heterocycles. The van der Waals surface area contributed by atoms with E-state index >= 15 is 0 Å². The van der Waals surface area contributed by atoms with Crippen molar-refractivity contribution in [1.82, 2.24) is 10.0 Å². The maximum Gasteiger partial charge on any atom is 0.262 e. The third-order valence-corrected chi connectivity index (χ3v) is 5.38. The van der Waals surface area contributed by atoms with Crippen LogP contribution in [-0.4, -0.2) is 45.2 Å². The molecule has 2 amide bonds. The highest BCUT2D eigenvalue weighted by Gasteiger charge is 2.20. The van der Waals surface area contributed by atoms with Crippen molar-refractivity contribution in [3.8, 4) is 0 Å². The van der Waals surface area contributed by atoms with Crippen LogP contribution in [-0.2, 0) is 19.6 Å². The van der Waals surface area contributed by atoms with Crippen molar-refractivity contribution in [3.63, 3.8) is 0 Å². The Labute approximate surface area is 158 Å². The standard InChI is InChI=1S/C17H25N5O4S/c1-11(2)16(18)17(24)20-10-15(23)21-12-5-3-6-13(9-12)27(25,26)22-14-7-4-8-19-14/h3,5-6,9,11,16H,4,7-8,10,18H2,1-2H3,(H,19,22)(H,20,24)(H,21,23)/t16-/m0/s1. The molecular formula is C17H25N5O4S. The maximum atomic E-state index is 12.4. The summed E-state index contributed by atoms with van der Waals surface area (Å²) in [6.07, 6.45) is 1.41. The van der Waals surface area contributed by atoms with Gasteiger partial charge >= 0.3 is 0 Å². The number of aliphatic imine (C=N–C) groups is 1. The number of nitrogens with two attached hydrogens (primary N) is 1. The van der Waals surface area contributed by atoms with Gasteiger partial charge in [-0.15, -0.1) is 0 Å². The number of carbonyl (C=O) groups excluding carboxylic acids is 2. The molecule has 0 fully saturated rings. The Hall–Kier alpha value is -2.46. The summed E-state index contributed by atoms with van der Waals surface area (Å²) >= 11 is 0. The van der Waals surface area contributed by atoms with E-state index in [1.165, 1.54) is 18.2 Å². The van der Waals surface area contributed by atoms with Crippen LogP contribution in [0.25, 0.3) is 0 Å².